The van der Waals surface area contributed by atoms with Crippen LogP contribution in [0.25, 0.3) is 10.2 Å². The van der Waals surface area contributed by atoms with E-state index in [1.165, 1.54) is 11.2 Å². The Morgan fingerprint density at radius 2 is 1.85 bits per heavy atom. The number of thiophene rings is 1. The third-order valence-electron chi connectivity index (χ3n) is 4.09. The minimum atomic E-state index is -0.307. The Kier molecular flexibility index (Phi) is 5.36. The van der Waals surface area contributed by atoms with Gasteiger partial charge in [-0.2, -0.15) is 0 Å². The Morgan fingerprint density at radius 3 is 2.52 bits per heavy atom. The molecule has 1 N–H and O–H groups in total. The van der Waals surface area contributed by atoms with Gasteiger partial charge in [0.25, 0.3) is 11.8 Å². The van der Waals surface area contributed by atoms with Crippen molar-refractivity contribution in [3.63, 3.8) is 0 Å². The number of amides is 2. The van der Waals surface area contributed by atoms with Crippen molar-refractivity contribution in [3.8, 4) is 5.88 Å². The largest absolute Gasteiger partial charge is 0.467 e. The predicted molar refractivity (Wildman–Crippen MR) is 105 cm³/mol. The summed E-state index contributed by atoms with van der Waals surface area (Å²) in [7, 11) is 3.38. The molecular formula is C19H20N4O3S. The summed E-state index contributed by atoms with van der Waals surface area (Å²) < 4.78 is 5.62. The van der Waals surface area contributed by atoms with Gasteiger partial charge in [0, 0.05) is 30.2 Å². The number of nitrogens with one attached hydrogen (secondary N) is 1. The predicted octanol–water partition coefficient (Wildman–Crippen LogP) is 3.03. The van der Waals surface area contributed by atoms with Crippen molar-refractivity contribution in [1.82, 2.24) is 14.9 Å². The molecule has 2 aromatic heterocycles. The Bertz CT molecular complexity index is 996. The fraction of sp³-hybridized carbons (Fsp3) is 0.263. The SMILES string of the molecule is Cc1sc2ncnc(OCC(=O)Nc3ccc(C(=O)N(C)C)cc3)c2c1C. The second kappa shape index (κ2) is 7.71. The first-order valence-corrected chi connectivity index (χ1v) is 9.13. The van der Waals surface area contributed by atoms with Crippen molar-refractivity contribution in [2.24, 2.45) is 0 Å². The maximum atomic E-state index is 12.2. The smallest absolute Gasteiger partial charge is 0.262 e. The second-order valence-electron chi connectivity index (χ2n) is 6.26. The van der Waals surface area contributed by atoms with Crippen LogP contribution in [0.2, 0.25) is 0 Å². The summed E-state index contributed by atoms with van der Waals surface area (Å²) in [4.78, 5) is 36.0. The topological polar surface area (TPSA) is 84.4 Å². The molecule has 3 aromatic rings. The van der Waals surface area contributed by atoms with Crippen LogP contribution in [0.5, 0.6) is 5.88 Å². The zero-order chi connectivity index (χ0) is 19.6. The Morgan fingerprint density at radius 1 is 1.15 bits per heavy atom. The third kappa shape index (κ3) is 4.06. The molecular weight excluding hydrogens is 364 g/mol. The van der Waals surface area contributed by atoms with Crippen molar-refractivity contribution < 1.29 is 14.3 Å². The molecule has 27 heavy (non-hydrogen) atoms. The Hall–Kier alpha value is -3.00. The molecule has 8 heteroatoms. The van der Waals surface area contributed by atoms with Crippen LogP contribution in [-0.2, 0) is 4.79 Å². The van der Waals surface area contributed by atoms with Crippen LogP contribution in [-0.4, -0.2) is 47.4 Å². The first-order valence-electron chi connectivity index (χ1n) is 8.32. The molecule has 2 heterocycles. The molecule has 0 spiro atoms. The molecule has 0 fully saturated rings. The van der Waals surface area contributed by atoms with Gasteiger partial charge in [0.2, 0.25) is 5.88 Å². The minimum Gasteiger partial charge on any atom is -0.467 e. The average molecular weight is 384 g/mol. The van der Waals surface area contributed by atoms with E-state index in [1.54, 1.807) is 49.7 Å². The molecule has 0 radical (unpaired) electrons. The summed E-state index contributed by atoms with van der Waals surface area (Å²) in [5.41, 5.74) is 2.21. The lowest BCUT2D eigenvalue weighted by Crippen LogP contribution is -2.22. The fourth-order valence-electron chi connectivity index (χ4n) is 2.54. The molecule has 0 atom stereocenters. The van der Waals surface area contributed by atoms with E-state index in [0.717, 1.165) is 20.7 Å². The monoisotopic (exact) mass is 384 g/mol. The number of fused-ring (bicyclic) bond motifs is 1. The Labute approximate surface area is 161 Å². The van der Waals surface area contributed by atoms with Gasteiger partial charge in [-0.25, -0.2) is 9.97 Å². The number of hydrogen-bond donors (Lipinski definition) is 1. The highest BCUT2D eigenvalue weighted by molar-refractivity contribution is 7.18. The van der Waals surface area contributed by atoms with Crippen LogP contribution in [0, 0.1) is 13.8 Å². The highest BCUT2D eigenvalue weighted by atomic mass is 32.1. The molecule has 2 amide bonds. The number of aromatic nitrogens is 2. The molecule has 0 aliphatic heterocycles. The summed E-state index contributed by atoms with van der Waals surface area (Å²) in [5.74, 6) is 0.00685. The summed E-state index contributed by atoms with van der Waals surface area (Å²) in [6, 6.07) is 6.71. The summed E-state index contributed by atoms with van der Waals surface area (Å²) in [6.45, 7) is 3.84. The molecule has 0 unspecified atom stereocenters. The number of carbonyl (C=O) groups excluding carboxylic acids is 2. The fourth-order valence-corrected chi connectivity index (χ4v) is 3.53. The van der Waals surface area contributed by atoms with E-state index >= 15 is 0 Å². The maximum absolute atomic E-state index is 12.2. The van der Waals surface area contributed by atoms with Crippen LogP contribution in [0.3, 0.4) is 0 Å². The number of nitrogens with zero attached hydrogens (tertiary/aromatic N) is 3. The van der Waals surface area contributed by atoms with Crippen molar-refractivity contribution in [3.05, 3.63) is 46.6 Å². The normalized spacial score (nSPS) is 10.7. The first-order chi connectivity index (χ1) is 12.9. The van der Waals surface area contributed by atoms with Crippen LogP contribution in [0.1, 0.15) is 20.8 Å². The molecule has 0 bridgehead atoms. The van der Waals surface area contributed by atoms with E-state index in [1.807, 2.05) is 13.8 Å². The van der Waals surface area contributed by atoms with Gasteiger partial charge < -0.3 is 15.0 Å². The van der Waals surface area contributed by atoms with Gasteiger partial charge in [-0.15, -0.1) is 11.3 Å². The van der Waals surface area contributed by atoms with E-state index in [-0.39, 0.29) is 18.4 Å². The number of rotatable bonds is 5. The number of anilines is 1. The lowest BCUT2D eigenvalue weighted by molar-refractivity contribution is -0.118. The van der Waals surface area contributed by atoms with E-state index in [9.17, 15) is 9.59 Å². The molecule has 0 saturated carbocycles. The van der Waals surface area contributed by atoms with Crippen LogP contribution < -0.4 is 10.1 Å². The van der Waals surface area contributed by atoms with E-state index in [0.29, 0.717) is 17.1 Å². The molecule has 0 saturated heterocycles. The Balaban J connectivity index is 1.64. The second-order valence-corrected chi connectivity index (χ2v) is 7.46. The van der Waals surface area contributed by atoms with Crippen molar-refractivity contribution >= 4 is 39.1 Å². The van der Waals surface area contributed by atoms with E-state index in [2.05, 4.69) is 15.3 Å². The first kappa shape index (κ1) is 18.8. The van der Waals surface area contributed by atoms with Crippen molar-refractivity contribution in [1.29, 1.82) is 0 Å². The lowest BCUT2D eigenvalue weighted by Gasteiger charge is -2.11. The van der Waals surface area contributed by atoms with Crippen LogP contribution in [0.15, 0.2) is 30.6 Å². The van der Waals surface area contributed by atoms with Gasteiger partial charge in [0.15, 0.2) is 6.61 Å². The summed E-state index contributed by atoms with van der Waals surface area (Å²) in [5, 5.41) is 3.59. The number of benzene rings is 1. The lowest BCUT2D eigenvalue weighted by atomic mass is 10.2. The molecule has 1 aromatic carbocycles. The summed E-state index contributed by atoms with van der Waals surface area (Å²) >= 11 is 1.57. The highest BCUT2D eigenvalue weighted by Gasteiger charge is 2.14. The summed E-state index contributed by atoms with van der Waals surface area (Å²) in [6.07, 6.45) is 1.44. The zero-order valence-corrected chi connectivity index (χ0v) is 16.4. The average Bonchev–Trinajstić information content (AvgIpc) is 2.94. The highest BCUT2D eigenvalue weighted by Crippen LogP contribution is 2.33. The standard InChI is InChI=1S/C19H20N4O3S/c1-11-12(2)27-18-16(11)17(20-10-21-18)26-9-15(24)22-14-7-5-13(6-8-14)19(25)23(3)4/h5-8,10H,9H2,1-4H3,(H,22,24). The van der Waals surface area contributed by atoms with E-state index in [4.69, 9.17) is 4.74 Å². The van der Waals surface area contributed by atoms with Gasteiger partial charge in [-0.05, 0) is 43.7 Å². The third-order valence-corrected chi connectivity index (χ3v) is 5.21. The van der Waals surface area contributed by atoms with Gasteiger partial charge in [0.05, 0.1) is 5.39 Å². The number of carbonyl (C=O) groups is 2. The molecule has 0 aliphatic carbocycles. The number of ether oxygens (including phenoxy) is 1. The minimum absolute atomic E-state index is 0.0922. The molecule has 140 valence electrons. The van der Waals surface area contributed by atoms with Gasteiger partial charge >= 0.3 is 0 Å². The molecule has 7 nitrogen and oxygen atoms in total. The van der Waals surface area contributed by atoms with Crippen molar-refractivity contribution in [2.75, 3.05) is 26.0 Å². The number of aryl methyl sites for hydroxylation is 2. The van der Waals surface area contributed by atoms with E-state index < -0.39 is 0 Å². The van der Waals surface area contributed by atoms with Crippen LogP contribution >= 0.6 is 11.3 Å². The zero-order valence-electron chi connectivity index (χ0n) is 15.6. The molecule has 0 aliphatic rings. The number of hydrogen-bond acceptors (Lipinski definition) is 6. The maximum Gasteiger partial charge on any atom is 0.262 e. The van der Waals surface area contributed by atoms with Gasteiger partial charge in [-0.3, -0.25) is 9.59 Å². The molecule has 3 rings (SSSR count). The van der Waals surface area contributed by atoms with Crippen molar-refractivity contribution in [2.45, 2.75) is 13.8 Å². The van der Waals surface area contributed by atoms with Gasteiger partial charge in [0.1, 0.15) is 11.2 Å². The van der Waals surface area contributed by atoms with Crippen LogP contribution in [0.4, 0.5) is 5.69 Å². The quantitative estimate of drug-likeness (QED) is 0.731. The van der Waals surface area contributed by atoms with Gasteiger partial charge in [-0.1, -0.05) is 0 Å².